The number of hydrogen-bond acceptors (Lipinski definition) is 6. The van der Waals surface area contributed by atoms with Gasteiger partial charge in [0.2, 0.25) is 0 Å². The van der Waals surface area contributed by atoms with Gasteiger partial charge >= 0.3 is 60.8 Å². The second kappa shape index (κ2) is 12.2. The van der Waals surface area contributed by atoms with Gasteiger partial charge in [-0.2, -0.15) is 25.3 Å². The monoisotopic (exact) mass is 374 g/mol. The van der Waals surface area contributed by atoms with E-state index in [2.05, 4.69) is 0 Å². The Morgan fingerprint density at radius 2 is 0.471 bits per heavy atom. The predicted molar refractivity (Wildman–Crippen MR) is 49.7 cm³/mol. The second-order valence-electron chi connectivity index (χ2n) is 1.34. The van der Waals surface area contributed by atoms with Gasteiger partial charge in [0.05, 0.1) is 0 Å². The van der Waals surface area contributed by atoms with Gasteiger partial charge in [-0.1, -0.05) is 0 Å². The summed E-state index contributed by atoms with van der Waals surface area (Å²) in [6, 6.07) is 0. The van der Waals surface area contributed by atoms with Gasteiger partial charge in [0, 0.05) is 17.1 Å². The van der Waals surface area contributed by atoms with Gasteiger partial charge in [-0.3, -0.25) is 27.3 Å². The fourth-order valence-electron chi connectivity index (χ4n) is 0. The molecule has 6 N–H and O–H groups in total. The van der Waals surface area contributed by atoms with Crippen LogP contribution in [-0.2, 0) is 48.3 Å². The fourth-order valence-corrected chi connectivity index (χ4v) is 0. The molecular formula is H7FeNaO12S3. The van der Waals surface area contributed by atoms with Crippen molar-refractivity contribution >= 4 is 60.8 Å². The Kier molecular flexibility index (Phi) is 22.1. The van der Waals surface area contributed by atoms with Gasteiger partial charge in [-0.15, -0.1) is 0 Å². The third-order valence-corrected chi connectivity index (χ3v) is 0. The molecule has 17 heavy (non-hydrogen) atoms. The predicted octanol–water partition coefficient (Wildman–Crippen LogP) is -2.61. The van der Waals surface area contributed by atoms with E-state index in [1.165, 1.54) is 0 Å². The molecule has 0 aromatic carbocycles. The first kappa shape index (κ1) is 30.9. The molecule has 0 radical (unpaired) electrons. The van der Waals surface area contributed by atoms with Crippen molar-refractivity contribution in [3.05, 3.63) is 0 Å². The van der Waals surface area contributed by atoms with Crippen LogP contribution in [-0.4, -0.2) is 82.1 Å². The Bertz CT molecular complexity index is 343. The zero-order valence-corrected chi connectivity index (χ0v) is 10.3. The van der Waals surface area contributed by atoms with Gasteiger partial charge < -0.3 is 0 Å². The van der Waals surface area contributed by atoms with E-state index in [4.69, 9.17) is 52.6 Å². The van der Waals surface area contributed by atoms with Crippen molar-refractivity contribution in [3.63, 3.8) is 0 Å². The normalized spacial score (nSPS) is 10.2. The van der Waals surface area contributed by atoms with E-state index in [-0.39, 0.29) is 46.6 Å². The van der Waals surface area contributed by atoms with E-state index < -0.39 is 31.2 Å². The van der Waals surface area contributed by atoms with Crippen LogP contribution in [0.2, 0.25) is 0 Å². The maximum atomic E-state index is 8.74. The molecule has 0 saturated heterocycles. The van der Waals surface area contributed by atoms with E-state index in [0.29, 0.717) is 0 Å². The van der Waals surface area contributed by atoms with E-state index in [1.807, 2.05) is 0 Å². The minimum absolute atomic E-state index is 0. The number of rotatable bonds is 0. The van der Waals surface area contributed by atoms with E-state index in [0.717, 1.165) is 0 Å². The summed E-state index contributed by atoms with van der Waals surface area (Å²) in [4.78, 5) is 0. The van der Waals surface area contributed by atoms with Gasteiger partial charge in [-0.25, -0.2) is 0 Å². The Labute approximate surface area is 129 Å². The molecule has 0 aromatic heterocycles. The molecule has 0 bridgehead atoms. The summed E-state index contributed by atoms with van der Waals surface area (Å²) in [6.07, 6.45) is 0. The van der Waals surface area contributed by atoms with E-state index in [9.17, 15) is 0 Å². The summed E-state index contributed by atoms with van der Waals surface area (Å²) in [6.45, 7) is 0. The molecule has 17 heteroatoms. The average molecular weight is 374 g/mol. The zero-order valence-electron chi connectivity index (χ0n) is 6.71. The van der Waals surface area contributed by atoms with Crippen LogP contribution in [0.5, 0.6) is 0 Å². The molecule has 0 aromatic rings. The molecule has 0 aliphatic rings. The maximum absolute atomic E-state index is 8.74. The van der Waals surface area contributed by atoms with Crippen LogP contribution in [0.4, 0.5) is 0 Å². The van der Waals surface area contributed by atoms with Crippen molar-refractivity contribution in [2.75, 3.05) is 0 Å². The molecule has 12 nitrogen and oxygen atoms in total. The second-order valence-corrected chi connectivity index (χ2v) is 4.03. The molecule has 0 atom stereocenters. The van der Waals surface area contributed by atoms with Crippen LogP contribution in [0.15, 0.2) is 0 Å². The van der Waals surface area contributed by atoms with Crippen molar-refractivity contribution in [1.29, 1.82) is 0 Å². The molecule has 0 heterocycles. The molecule has 106 valence electrons. The molecular weight excluding hydrogens is 367 g/mol. The van der Waals surface area contributed by atoms with Crippen LogP contribution in [0, 0.1) is 0 Å². The summed E-state index contributed by atoms with van der Waals surface area (Å²) in [7, 11) is -14.0. The molecule has 0 saturated carbocycles. The first-order valence-corrected chi connectivity index (χ1v) is 6.29. The average Bonchev–Trinajstić information content (AvgIpc) is 1.41. The molecule has 0 amide bonds. The molecule has 0 aliphatic carbocycles. The standard InChI is InChI=1S/Fe.Na.3H2O4S.H/c;;3*1-5(2,3)4;/h;;3*(H2,1,2,3,4);. The van der Waals surface area contributed by atoms with Crippen LogP contribution >= 0.6 is 0 Å². The van der Waals surface area contributed by atoms with E-state index >= 15 is 0 Å². The van der Waals surface area contributed by atoms with Crippen molar-refractivity contribution in [3.8, 4) is 0 Å². The van der Waals surface area contributed by atoms with Crippen LogP contribution in [0.1, 0.15) is 0 Å². The summed E-state index contributed by atoms with van der Waals surface area (Å²) < 4.78 is 94.8. The quantitative estimate of drug-likeness (QED) is 0.189. The Morgan fingerprint density at radius 3 is 0.471 bits per heavy atom. The van der Waals surface area contributed by atoms with Crippen molar-refractivity contribution in [2.45, 2.75) is 0 Å². The minimum atomic E-state index is -4.67. The summed E-state index contributed by atoms with van der Waals surface area (Å²) in [5, 5.41) is 0. The van der Waals surface area contributed by atoms with Crippen molar-refractivity contribution < 1.29 is 69.6 Å². The summed E-state index contributed by atoms with van der Waals surface area (Å²) in [5.74, 6) is 0. The fraction of sp³-hybridized carbons (Fsp3) is 0. The van der Waals surface area contributed by atoms with Gasteiger partial charge in [0.25, 0.3) is 0 Å². The van der Waals surface area contributed by atoms with Crippen molar-refractivity contribution in [2.24, 2.45) is 0 Å². The molecule has 0 unspecified atom stereocenters. The van der Waals surface area contributed by atoms with Crippen molar-refractivity contribution in [1.82, 2.24) is 0 Å². The topological polar surface area (TPSA) is 224 Å². The van der Waals surface area contributed by atoms with Crippen LogP contribution < -0.4 is 0 Å². The van der Waals surface area contributed by atoms with Crippen LogP contribution in [0.3, 0.4) is 0 Å². The Hall–Kier alpha value is 1.13. The van der Waals surface area contributed by atoms with Gasteiger partial charge in [-0.05, 0) is 0 Å². The molecule has 0 fully saturated rings. The van der Waals surface area contributed by atoms with E-state index in [1.54, 1.807) is 0 Å². The summed E-state index contributed by atoms with van der Waals surface area (Å²) >= 11 is 0. The zero-order chi connectivity index (χ0) is 13.5. The molecule has 0 aliphatic heterocycles. The third kappa shape index (κ3) is 3070. The first-order chi connectivity index (χ1) is 6.00. The van der Waals surface area contributed by atoms with Gasteiger partial charge in [0.15, 0.2) is 0 Å². The van der Waals surface area contributed by atoms with Gasteiger partial charge in [0.1, 0.15) is 0 Å². The summed E-state index contributed by atoms with van der Waals surface area (Å²) in [5.41, 5.74) is 0. The number of hydrogen-bond donors (Lipinski definition) is 6. The SMILES string of the molecule is O=S(=O)(O)O.O=S(=O)(O)O.O=S(=O)(O)O.[Fe].[NaH]. The third-order valence-electron chi connectivity index (χ3n) is 0. The van der Waals surface area contributed by atoms with Crippen LogP contribution in [0.25, 0.3) is 0 Å². The first-order valence-electron chi connectivity index (χ1n) is 2.10. The molecule has 0 spiro atoms. The Balaban J connectivity index is -0.0000000400. The Morgan fingerprint density at radius 1 is 0.471 bits per heavy atom. The molecule has 0 rings (SSSR count).